The zero-order valence-electron chi connectivity index (χ0n) is 27.2. The summed E-state index contributed by atoms with van der Waals surface area (Å²) in [7, 11) is 0. The molecule has 0 spiro atoms. The van der Waals surface area contributed by atoms with Gasteiger partial charge < -0.3 is 25.0 Å². The summed E-state index contributed by atoms with van der Waals surface area (Å²) in [6.45, 7) is 19.3. The van der Waals surface area contributed by atoms with E-state index < -0.39 is 6.10 Å². The van der Waals surface area contributed by atoms with Gasteiger partial charge in [-0.2, -0.15) is 0 Å². The molecule has 3 fully saturated rings. The van der Waals surface area contributed by atoms with Gasteiger partial charge in [-0.05, 0) is 66.0 Å². The van der Waals surface area contributed by atoms with Gasteiger partial charge in [0.05, 0.1) is 18.8 Å². The van der Waals surface area contributed by atoms with Crippen LogP contribution in [0.1, 0.15) is 56.2 Å². The van der Waals surface area contributed by atoms with Gasteiger partial charge in [-0.3, -0.25) is 4.90 Å². The van der Waals surface area contributed by atoms with Gasteiger partial charge in [0.1, 0.15) is 0 Å². The van der Waals surface area contributed by atoms with Gasteiger partial charge in [-0.1, -0.05) is 75.4 Å². The Hall–Kier alpha value is -1.80. The third-order valence-corrected chi connectivity index (χ3v) is 10.5. The van der Waals surface area contributed by atoms with E-state index in [1.165, 1.54) is 36.2 Å². The van der Waals surface area contributed by atoms with Crippen LogP contribution >= 0.6 is 0 Å². The lowest BCUT2D eigenvalue weighted by molar-refractivity contribution is -0.0793. The van der Waals surface area contributed by atoms with Crippen LogP contribution in [0.3, 0.4) is 0 Å². The summed E-state index contributed by atoms with van der Waals surface area (Å²) in [4.78, 5) is 7.55. The zero-order chi connectivity index (χ0) is 30.0. The first-order chi connectivity index (χ1) is 20.9. The molecule has 1 saturated carbocycles. The van der Waals surface area contributed by atoms with Crippen LogP contribution in [-0.2, 0) is 17.6 Å². The number of ether oxygens (including phenoxy) is 1. The predicted octanol–water partition coefficient (Wildman–Crippen LogP) is 4.53. The van der Waals surface area contributed by atoms with E-state index in [0.717, 1.165) is 71.6 Å². The predicted molar refractivity (Wildman–Crippen MR) is 178 cm³/mol. The molecule has 2 aliphatic heterocycles. The summed E-state index contributed by atoms with van der Waals surface area (Å²) in [5.41, 5.74) is 4.36. The lowest BCUT2D eigenvalue weighted by atomic mass is 9.67. The SMILES string of the molecule is CC(C)C1CC(c2ccc(CCN3CCNCC3)cc2)C(C)CC1OCC(O)CN1CCN(CCc2ccccc2)CC1. The largest absolute Gasteiger partial charge is 0.389 e. The minimum Gasteiger partial charge on any atom is -0.389 e. The number of aliphatic hydroxyl groups excluding tert-OH is 1. The maximum atomic E-state index is 10.9. The molecule has 2 heterocycles. The third-order valence-electron chi connectivity index (χ3n) is 10.5. The number of β-amino-alcohol motifs (C(OH)–C–C–N with tert-alkyl or cyclic N) is 1. The van der Waals surface area contributed by atoms with Crippen molar-refractivity contribution in [3.63, 3.8) is 0 Å². The number of nitrogens with one attached hydrogen (secondary N) is 1. The summed E-state index contributed by atoms with van der Waals surface area (Å²) in [5.74, 6) is 2.25. The van der Waals surface area contributed by atoms with E-state index in [2.05, 4.69) is 95.4 Å². The number of rotatable bonds is 13. The minimum absolute atomic E-state index is 0.231. The highest BCUT2D eigenvalue weighted by atomic mass is 16.5. The highest BCUT2D eigenvalue weighted by molar-refractivity contribution is 5.27. The molecular weight excluding hydrogens is 532 g/mol. The van der Waals surface area contributed by atoms with Crippen molar-refractivity contribution in [3.05, 3.63) is 71.3 Å². The molecule has 6 heteroatoms. The number of benzene rings is 2. The van der Waals surface area contributed by atoms with Crippen LogP contribution in [0, 0.1) is 17.8 Å². The third kappa shape index (κ3) is 9.84. The normalized spacial score (nSPS) is 27.0. The van der Waals surface area contributed by atoms with Crippen molar-refractivity contribution < 1.29 is 9.84 Å². The quantitative estimate of drug-likeness (QED) is 0.358. The molecule has 2 saturated heterocycles. The van der Waals surface area contributed by atoms with Crippen molar-refractivity contribution in [2.45, 2.75) is 64.6 Å². The van der Waals surface area contributed by atoms with Crippen LogP contribution in [0.2, 0.25) is 0 Å². The number of hydrogen-bond donors (Lipinski definition) is 2. The molecule has 238 valence electrons. The Morgan fingerprint density at radius 3 is 2.05 bits per heavy atom. The van der Waals surface area contributed by atoms with E-state index in [1.807, 2.05) is 0 Å². The molecule has 5 unspecified atom stereocenters. The van der Waals surface area contributed by atoms with Crippen molar-refractivity contribution in [2.75, 3.05) is 78.6 Å². The standard InChI is InChI=1S/C37H58N4O2/c1-29(2)35-26-36(33-11-9-32(10-12-33)14-17-39-19-15-38-16-20-39)30(3)25-37(35)43-28-34(42)27-41-23-21-40(22-24-41)18-13-31-7-5-4-6-8-31/h4-12,29-30,34-38,42H,13-28H2,1-3H3. The van der Waals surface area contributed by atoms with Crippen LogP contribution in [0.4, 0.5) is 0 Å². The molecule has 0 bridgehead atoms. The fourth-order valence-electron chi connectivity index (χ4n) is 7.61. The number of aliphatic hydroxyl groups is 1. The van der Waals surface area contributed by atoms with Crippen LogP contribution in [-0.4, -0.2) is 111 Å². The number of hydrogen-bond acceptors (Lipinski definition) is 6. The van der Waals surface area contributed by atoms with Gasteiger partial charge in [0, 0.05) is 72.0 Å². The van der Waals surface area contributed by atoms with E-state index in [9.17, 15) is 5.11 Å². The molecule has 2 aromatic rings. The van der Waals surface area contributed by atoms with Gasteiger partial charge in [0.15, 0.2) is 0 Å². The zero-order valence-corrected chi connectivity index (χ0v) is 27.2. The van der Waals surface area contributed by atoms with Crippen molar-refractivity contribution in [1.82, 2.24) is 20.0 Å². The second kappa shape index (κ2) is 16.5. The van der Waals surface area contributed by atoms with E-state index in [-0.39, 0.29) is 6.10 Å². The van der Waals surface area contributed by atoms with Gasteiger partial charge in [0.2, 0.25) is 0 Å². The summed E-state index contributed by atoms with van der Waals surface area (Å²) in [5, 5.41) is 14.4. The lowest BCUT2D eigenvalue weighted by Gasteiger charge is -2.42. The van der Waals surface area contributed by atoms with Crippen LogP contribution < -0.4 is 5.32 Å². The van der Waals surface area contributed by atoms with E-state index >= 15 is 0 Å². The summed E-state index contributed by atoms with van der Waals surface area (Å²) in [6.07, 6.45) is 4.30. The molecule has 5 rings (SSSR count). The lowest BCUT2D eigenvalue weighted by Crippen LogP contribution is -2.49. The summed E-state index contributed by atoms with van der Waals surface area (Å²) in [6, 6.07) is 20.3. The highest BCUT2D eigenvalue weighted by Gasteiger charge is 2.38. The first-order valence-corrected chi connectivity index (χ1v) is 17.2. The minimum atomic E-state index is -0.426. The molecule has 5 atom stereocenters. The average Bonchev–Trinajstić information content (AvgIpc) is 3.03. The average molecular weight is 591 g/mol. The maximum Gasteiger partial charge on any atom is 0.0900 e. The molecule has 3 aliphatic rings. The molecule has 0 amide bonds. The Balaban J connectivity index is 1.04. The van der Waals surface area contributed by atoms with Crippen LogP contribution in [0.15, 0.2) is 54.6 Å². The molecule has 0 radical (unpaired) electrons. The molecule has 43 heavy (non-hydrogen) atoms. The van der Waals surface area contributed by atoms with Crippen LogP contribution in [0.25, 0.3) is 0 Å². The maximum absolute atomic E-state index is 10.9. The van der Waals surface area contributed by atoms with Gasteiger partial charge in [-0.15, -0.1) is 0 Å². The van der Waals surface area contributed by atoms with Gasteiger partial charge in [-0.25, -0.2) is 0 Å². The second-order valence-electron chi connectivity index (χ2n) is 13.9. The smallest absolute Gasteiger partial charge is 0.0900 e. The Labute approximate surface area is 261 Å². The highest BCUT2D eigenvalue weighted by Crippen LogP contribution is 2.44. The van der Waals surface area contributed by atoms with Crippen molar-refractivity contribution in [3.8, 4) is 0 Å². The molecule has 6 nitrogen and oxygen atoms in total. The van der Waals surface area contributed by atoms with Gasteiger partial charge in [0.25, 0.3) is 0 Å². The first-order valence-electron chi connectivity index (χ1n) is 17.2. The second-order valence-corrected chi connectivity index (χ2v) is 13.9. The van der Waals surface area contributed by atoms with Crippen molar-refractivity contribution in [1.29, 1.82) is 0 Å². The van der Waals surface area contributed by atoms with E-state index in [1.54, 1.807) is 0 Å². The Kier molecular flexibility index (Phi) is 12.5. The number of piperazine rings is 2. The summed E-state index contributed by atoms with van der Waals surface area (Å²) >= 11 is 0. The molecule has 1 aliphatic carbocycles. The molecular formula is C37H58N4O2. The van der Waals surface area contributed by atoms with E-state index in [0.29, 0.717) is 36.8 Å². The Morgan fingerprint density at radius 2 is 1.40 bits per heavy atom. The van der Waals surface area contributed by atoms with E-state index in [4.69, 9.17) is 4.74 Å². The first kappa shape index (κ1) is 32.6. The topological polar surface area (TPSA) is 51.2 Å². The van der Waals surface area contributed by atoms with Crippen molar-refractivity contribution in [2.24, 2.45) is 17.8 Å². The fraction of sp³-hybridized carbons (Fsp3) is 0.676. The summed E-state index contributed by atoms with van der Waals surface area (Å²) < 4.78 is 6.54. The van der Waals surface area contributed by atoms with Crippen molar-refractivity contribution >= 4 is 0 Å². The van der Waals surface area contributed by atoms with Crippen LogP contribution in [0.5, 0.6) is 0 Å². The molecule has 2 N–H and O–H groups in total. The number of nitrogens with zero attached hydrogens (tertiary/aromatic N) is 3. The molecule has 2 aromatic carbocycles. The molecule has 0 aromatic heterocycles. The Morgan fingerprint density at radius 1 is 0.791 bits per heavy atom. The fourth-order valence-corrected chi connectivity index (χ4v) is 7.61. The Bertz CT molecular complexity index is 1050. The van der Waals surface area contributed by atoms with Gasteiger partial charge >= 0.3 is 0 Å². The monoisotopic (exact) mass is 590 g/mol.